The molecule has 25 heavy (non-hydrogen) atoms. The smallest absolute Gasteiger partial charge is 0.348 e. The van der Waals surface area contributed by atoms with E-state index in [0.29, 0.717) is 6.61 Å². The zero-order valence-corrected chi connectivity index (χ0v) is 17.0. The van der Waals surface area contributed by atoms with Crippen LogP contribution in [0.25, 0.3) is 0 Å². The first kappa shape index (κ1) is 19.7. The van der Waals surface area contributed by atoms with Crippen LogP contribution < -0.4 is 5.19 Å². The van der Waals surface area contributed by atoms with Gasteiger partial charge in [-0.2, -0.15) is 0 Å². The van der Waals surface area contributed by atoms with E-state index in [2.05, 4.69) is 32.2 Å². The molecular weight excluding hydrogens is 332 g/mol. The Labute approximate surface area is 151 Å². The summed E-state index contributed by atoms with van der Waals surface area (Å²) in [7, 11) is -2.08. The van der Waals surface area contributed by atoms with Crippen molar-refractivity contribution >= 4 is 25.2 Å². The van der Waals surface area contributed by atoms with Gasteiger partial charge in [-0.25, -0.2) is 4.79 Å². The Morgan fingerprint density at radius 1 is 1.32 bits per heavy atom. The van der Waals surface area contributed by atoms with Gasteiger partial charge < -0.3 is 9.47 Å². The molecule has 0 aliphatic carbocycles. The molecule has 2 rings (SSSR count). The fourth-order valence-corrected chi connectivity index (χ4v) is 6.42. The number of ether oxygens (including phenoxy) is 2. The molecular formula is C20H30O4Si. The van der Waals surface area contributed by atoms with E-state index in [4.69, 9.17) is 9.47 Å². The topological polar surface area (TPSA) is 52.6 Å². The number of hydrogen-bond acceptors (Lipinski definition) is 4. The van der Waals surface area contributed by atoms with Crippen molar-refractivity contribution in [3.63, 3.8) is 0 Å². The molecule has 1 aliphatic heterocycles. The monoisotopic (exact) mass is 362 g/mol. The van der Waals surface area contributed by atoms with E-state index in [-0.39, 0.29) is 11.5 Å². The highest BCUT2D eigenvalue weighted by atomic mass is 28.3. The molecule has 5 heteroatoms. The number of benzene rings is 1. The molecule has 0 radical (unpaired) electrons. The van der Waals surface area contributed by atoms with Gasteiger partial charge in [0, 0.05) is 5.41 Å². The quantitative estimate of drug-likeness (QED) is 0.549. The van der Waals surface area contributed by atoms with Crippen LogP contribution in [0, 0.1) is 5.41 Å². The molecule has 0 unspecified atom stereocenters. The minimum absolute atomic E-state index is 0.168. The van der Waals surface area contributed by atoms with Gasteiger partial charge in [0.05, 0.1) is 13.6 Å². The van der Waals surface area contributed by atoms with Gasteiger partial charge in [-0.1, -0.05) is 82.2 Å². The number of esters is 2. The second-order valence-corrected chi connectivity index (χ2v) is 12.9. The molecule has 0 bridgehead atoms. The largest absolute Gasteiger partial charge is 0.462 e. The van der Waals surface area contributed by atoms with Crippen molar-refractivity contribution in [3.05, 3.63) is 30.3 Å². The first-order valence-corrected chi connectivity index (χ1v) is 12.2. The third-order valence-corrected chi connectivity index (χ3v) is 9.35. The molecule has 1 saturated heterocycles. The summed E-state index contributed by atoms with van der Waals surface area (Å²) in [6, 6.07) is 10.2. The fourth-order valence-electron chi connectivity index (χ4n) is 3.38. The Bertz CT molecular complexity index is 609. The Morgan fingerprint density at radius 2 is 1.96 bits per heavy atom. The Hall–Kier alpha value is -1.62. The molecule has 1 heterocycles. The average molecular weight is 363 g/mol. The summed E-state index contributed by atoms with van der Waals surface area (Å²) < 4.78 is 10.8. The van der Waals surface area contributed by atoms with Gasteiger partial charge in [-0.15, -0.1) is 0 Å². The molecule has 2 atom stereocenters. The normalized spacial score (nSPS) is 20.8. The highest BCUT2D eigenvalue weighted by Gasteiger charge is 2.49. The predicted molar refractivity (Wildman–Crippen MR) is 101 cm³/mol. The zero-order chi connectivity index (χ0) is 18.7. The third-order valence-electron chi connectivity index (χ3n) is 5.26. The second-order valence-electron chi connectivity index (χ2n) is 8.20. The number of rotatable bonds is 7. The Balaban J connectivity index is 2.24. The molecule has 1 fully saturated rings. The summed E-state index contributed by atoms with van der Waals surface area (Å²) in [6.07, 6.45) is 2.00. The van der Waals surface area contributed by atoms with Crippen molar-refractivity contribution in [3.8, 4) is 0 Å². The average Bonchev–Trinajstić information content (AvgIpc) is 2.83. The van der Waals surface area contributed by atoms with Gasteiger partial charge in [-0.05, 0) is 6.42 Å². The first-order chi connectivity index (χ1) is 11.7. The van der Waals surface area contributed by atoms with Gasteiger partial charge >= 0.3 is 11.9 Å². The van der Waals surface area contributed by atoms with Crippen molar-refractivity contribution in [2.75, 3.05) is 6.61 Å². The summed E-state index contributed by atoms with van der Waals surface area (Å²) in [5.74, 6) is -0.669. The Morgan fingerprint density at radius 3 is 2.48 bits per heavy atom. The van der Waals surface area contributed by atoms with Crippen LogP contribution in [0.4, 0.5) is 0 Å². The molecule has 0 N–H and O–H groups in total. The maximum absolute atomic E-state index is 13.1. The Kier molecular flexibility index (Phi) is 6.09. The summed E-state index contributed by atoms with van der Waals surface area (Å²) in [4.78, 5) is 25.1. The maximum Gasteiger partial charge on any atom is 0.348 e. The minimum atomic E-state index is -2.08. The van der Waals surface area contributed by atoms with Crippen LogP contribution in [0.1, 0.15) is 40.0 Å². The SMILES string of the molecule is CCCC[C@@H](C(=O)O[C@H]1C(=O)OCC1(C)C)[Si](C)(C)c1ccccc1. The summed E-state index contributed by atoms with van der Waals surface area (Å²) in [5.41, 5.74) is -0.639. The van der Waals surface area contributed by atoms with E-state index in [1.807, 2.05) is 32.0 Å². The van der Waals surface area contributed by atoms with E-state index in [1.54, 1.807) is 0 Å². The van der Waals surface area contributed by atoms with Crippen LogP contribution in [-0.4, -0.2) is 32.7 Å². The zero-order valence-electron chi connectivity index (χ0n) is 16.0. The number of carbonyl (C=O) groups is 2. The summed E-state index contributed by atoms with van der Waals surface area (Å²) in [6.45, 7) is 10.6. The lowest BCUT2D eigenvalue weighted by molar-refractivity contribution is -0.163. The van der Waals surface area contributed by atoms with E-state index < -0.39 is 25.6 Å². The van der Waals surface area contributed by atoms with Crippen molar-refractivity contribution in [2.45, 2.75) is 64.8 Å². The molecule has 0 aromatic heterocycles. The third kappa shape index (κ3) is 4.32. The van der Waals surface area contributed by atoms with E-state index in [9.17, 15) is 9.59 Å². The van der Waals surface area contributed by atoms with Crippen LogP contribution in [-0.2, 0) is 19.1 Å². The lowest BCUT2D eigenvalue weighted by atomic mass is 9.90. The molecule has 1 aliphatic rings. The predicted octanol–water partition coefficient (Wildman–Crippen LogP) is 3.66. The van der Waals surface area contributed by atoms with Gasteiger partial charge in [0.2, 0.25) is 6.10 Å². The molecule has 0 spiro atoms. The van der Waals surface area contributed by atoms with Gasteiger partial charge in [0.1, 0.15) is 6.61 Å². The summed E-state index contributed by atoms with van der Waals surface area (Å²) in [5, 5.41) is 1.24. The van der Waals surface area contributed by atoms with Crippen LogP contribution >= 0.6 is 0 Å². The highest BCUT2D eigenvalue weighted by molar-refractivity contribution is 6.93. The second kappa shape index (κ2) is 7.73. The maximum atomic E-state index is 13.1. The van der Waals surface area contributed by atoms with Crippen molar-refractivity contribution in [1.29, 1.82) is 0 Å². The van der Waals surface area contributed by atoms with Crippen LogP contribution in [0.3, 0.4) is 0 Å². The van der Waals surface area contributed by atoms with Crippen molar-refractivity contribution in [2.24, 2.45) is 5.41 Å². The fraction of sp³-hybridized carbons (Fsp3) is 0.600. The van der Waals surface area contributed by atoms with Crippen LogP contribution in [0.5, 0.6) is 0 Å². The van der Waals surface area contributed by atoms with Crippen LogP contribution in [0.2, 0.25) is 18.6 Å². The van der Waals surface area contributed by atoms with Gasteiger partial charge in [0.15, 0.2) is 0 Å². The van der Waals surface area contributed by atoms with E-state index >= 15 is 0 Å². The number of unbranched alkanes of at least 4 members (excludes halogenated alkanes) is 1. The number of carbonyl (C=O) groups excluding carboxylic acids is 2. The molecule has 1 aromatic carbocycles. The molecule has 0 amide bonds. The first-order valence-electron chi connectivity index (χ1n) is 9.13. The van der Waals surface area contributed by atoms with E-state index in [1.165, 1.54) is 5.19 Å². The van der Waals surface area contributed by atoms with Gasteiger partial charge in [-0.3, -0.25) is 4.79 Å². The van der Waals surface area contributed by atoms with Crippen molar-refractivity contribution in [1.82, 2.24) is 0 Å². The molecule has 0 saturated carbocycles. The van der Waals surface area contributed by atoms with E-state index in [0.717, 1.165) is 19.3 Å². The minimum Gasteiger partial charge on any atom is -0.462 e. The lowest BCUT2D eigenvalue weighted by Crippen LogP contribution is -2.50. The molecule has 1 aromatic rings. The van der Waals surface area contributed by atoms with Crippen LogP contribution in [0.15, 0.2) is 30.3 Å². The number of hydrogen-bond donors (Lipinski definition) is 0. The lowest BCUT2D eigenvalue weighted by Gasteiger charge is -2.33. The van der Waals surface area contributed by atoms with Crippen molar-refractivity contribution < 1.29 is 19.1 Å². The number of cyclic esters (lactones) is 1. The highest BCUT2D eigenvalue weighted by Crippen LogP contribution is 2.35. The molecule has 4 nitrogen and oxygen atoms in total. The standard InChI is InChI=1S/C20H30O4Si/c1-6-7-13-16(25(4,5)15-11-9-8-10-12-15)18(21)24-17-19(22)23-14-20(17,2)3/h8-12,16-17H,6-7,13-14H2,1-5H3/t16-,17-/m0/s1. The summed E-state index contributed by atoms with van der Waals surface area (Å²) >= 11 is 0. The van der Waals surface area contributed by atoms with Gasteiger partial charge in [0.25, 0.3) is 0 Å². The molecule has 138 valence electrons.